The van der Waals surface area contributed by atoms with E-state index in [0.717, 1.165) is 23.5 Å². The molecular formula is C15H18O3. The maximum Gasteiger partial charge on any atom is 0.338 e. The summed E-state index contributed by atoms with van der Waals surface area (Å²) >= 11 is 0. The smallest absolute Gasteiger partial charge is 0.338 e. The second-order valence-corrected chi connectivity index (χ2v) is 6.70. The van der Waals surface area contributed by atoms with Crippen LogP contribution >= 0.6 is 0 Å². The van der Waals surface area contributed by atoms with E-state index in [9.17, 15) is 4.79 Å². The van der Waals surface area contributed by atoms with Gasteiger partial charge in [-0.2, -0.15) is 0 Å². The topological polar surface area (TPSA) is 50.4 Å². The van der Waals surface area contributed by atoms with Crippen molar-refractivity contribution in [3.63, 3.8) is 0 Å². The van der Waals surface area contributed by atoms with Gasteiger partial charge >= 0.3 is 5.97 Å². The Morgan fingerprint density at radius 2 is 1.72 bits per heavy atom. The van der Waals surface area contributed by atoms with Crippen LogP contribution in [0.25, 0.3) is 0 Å². The van der Waals surface area contributed by atoms with Gasteiger partial charge in [-0.05, 0) is 62.3 Å². The van der Waals surface area contributed by atoms with Crippen molar-refractivity contribution in [3.8, 4) is 0 Å². The molecule has 0 aliphatic heterocycles. The van der Waals surface area contributed by atoms with Gasteiger partial charge in [-0.15, -0.1) is 0 Å². The molecule has 4 aliphatic carbocycles. The number of rotatable bonds is 2. The quantitative estimate of drug-likeness (QED) is 0.869. The van der Waals surface area contributed by atoms with Crippen LogP contribution in [-0.4, -0.2) is 11.1 Å². The summed E-state index contributed by atoms with van der Waals surface area (Å²) in [5, 5.41) is 9.02. The van der Waals surface area contributed by atoms with Gasteiger partial charge in [-0.1, -0.05) is 0 Å². The minimum atomic E-state index is -0.880. The lowest BCUT2D eigenvalue weighted by Gasteiger charge is -2.55. The molecule has 0 atom stereocenters. The molecule has 1 aromatic rings. The summed E-state index contributed by atoms with van der Waals surface area (Å²) in [6.07, 6.45) is 9.24. The minimum absolute atomic E-state index is 0.169. The fourth-order valence-corrected chi connectivity index (χ4v) is 5.14. The van der Waals surface area contributed by atoms with Gasteiger partial charge in [0.2, 0.25) is 0 Å². The van der Waals surface area contributed by atoms with Gasteiger partial charge in [0.05, 0.1) is 5.56 Å². The van der Waals surface area contributed by atoms with E-state index in [1.807, 2.05) is 0 Å². The molecule has 0 unspecified atom stereocenters. The molecule has 3 heteroatoms. The van der Waals surface area contributed by atoms with Crippen molar-refractivity contribution in [1.29, 1.82) is 0 Å². The summed E-state index contributed by atoms with van der Waals surface area (Å²) in [5.74, 6) is 2.63. The molecule has 0 saturated heterocycles. The van der Waals surface area contributed by atoms with E-state index in [4.69, 9.17) is 9.52 Å². The third kappa shape index (κ3) is 1.39. The minimum Gasteiger partial charge on any atom is -0.478 e. The van der Waals surface area contributed by atoms with E-state index in [2.05, 4.69) is 0 Å². The predicted octanol–water partition coefficient (Wildman–Crippen LogP) is 3.45. The highest BCUT2D eigenvalue weighted by atomic mass is 16.4. The Hall–Kier alpha value is -1.25. The maximum atomic E-state index is 11.0. The van der Waals surface area contributed by atoms with E-state index in [1.54, 1.807) is 6.07 Å². The lowest BCUT2D eigenvalue weighted by molar-refractivity contribution is -0.0151. The Bertz CT molecular complexity index is 464. The van der Waals surface area contributed by atoms with E-state index in [1.165, 1.54) is 44.8 Å². The van der Waals surface area contributed by atoms with Crippen LogP contribution in [0.1, 0.15) is 54.6 Å². The number of aromatic carboxylic acids is 1. The molecule has 0 aromatic carbocycles. The average Bonchev–Trinajstić information content (AvgIpc) is 2.76. The number of carbonyl (C=O) groups is 1. The number of hydrogen-bond acceptors (Lipinski definition) is 2. The normalized spacial score (nSPS) is 41.2. The van der Waals surface area contributed by atoms with Gasteiger partial charge < -0.3 is 9.52 Å². The lowest BCUT2D eigenvalue weighted by atomic mass is 9.49. The second kappa shape index (κ2) is 3.40. The van der Waals surface area contributed by atoms with E-state index in [0.29, 0.717) is 5.56 Å². The van der Waals surface area contributed by atoms with Crippen LogP contribution in [0.4, 0.5) is 0 Å². The molecule has 1 heterocycles. The largest absolute Gasteiger partial charge is 0.478 e. The van der Waals surface area contributed by atoms with Crippen molar-refractivity contribution < 1.29 is 14.3 Å². The zero-order chi connectivity index (χ0) is 12.3. The average molecular weight is 246 g/mol. The van der Waals surface area contributed by atoms with Crippen LogP contribution in [-0.2, 0) is 5.41 Å². The summed E-state index contributed by atoms with van der Waals surface area (Å²) < 4.78 is 5.63. The van der Waals surface area contributed by atoms with Gasteiger partial charge in [0.15, 0.2) is 0 Å². The molecule has 0 spiro atoms. The highest BCUT2D eigenvalue weighted by Crippen LogP contribution is 2.60. The van der Waals surface area contributed by atoms with Crippen molar-refractivity contribution in [2.75, 3.05) is 0 Å². The molecule has 3 nitrogen and oxygen atoms in total. The first-order valence-electron chi connectivity index (χ1n) is 6.97. The first-order chi connectivity index (χ1) is 8.64. The van der Waals surface area contributed by atoms with E-state index >= 15 is 0 Å². The highest BCUT2D eigenvalue weighted by molar-refractivity contribution is 5.87. The molecule has 5 rings (SSSR count). The van der Waals surface area contributed by atoms with Crippen LogP contribution in [0.5, 0.6) is 0 Å². The summed E-state index contributed by atoms with van der Waals surface area (Å²) in [6, 6.07) is 1.77. The molecule has 0 radical (unpaired) electrons. The summed E-state index contributed by atoms with van der Waals surface area (Å²) in [4.78, 5) is 11.0. The van der Waals surface area contributed by atoms with Crippen molar-refractivity contribution >= 4 is 5.97 Å². The molecule has 18 heavy (non-hydrogen) atoms. The van der Waals surface area contributed by atoms with Gasteiger partial charge in [-0.3, -0.25) is 0 Å². The number of carboxylic acid groups (broad SMARTS) is 1. The summed E-state index contributed by atoms with van der Waals surface area (Å²) in [5.41, 5.74) is 0.475. The number of carboxylic acids is 1. The molecule has 4 bridgehead atoms. The molecule has 4 saturated carbocycles. The zero-order valence-corrected chi connectivity index (χ0v) is 10.4. The SMILES string of the molecule is O=C(O)c1coc(C23CC4CC(CC(C4)C2)C3)c1. The van der Waals surface area contributed by atoms with Crippen LogP contribution in [0.3, 0.4) is 0 Å². The standard InChI is InChI=1S/C15H18O3/c16-14(17)12-4-13(18-8-12)15-5-9-1-10(6-15)3-11(2-9)7-15/h4,8-11H,1-3,5-7H2,(H,16,17). The molecule has 1 N–H and O–H groups in total. The van der Waals surface area contributed by atoms with Gasteiger partial charge in [0.1, 0.15) is 12.0 Å². The third-order valence-electron chi connectivity index (χ3n) is 5.41. The van der Waals surface area contributed by atoms with Crippen LogP contribution in [0, 0.1) is 17.8 Å². The van der Waals surface area contributed by atoms with Gasteiger partial charge in [0, 0.05) is 5.41 Å². The zero-order valence-electron chi connectivity index (χ0n) is 10.4. The Balaban J connectivity index is 1.72. The summed E-state index contributed by atoms with van der Waals surface area (Å²) in [7, 11) is 0. The predicted molar refractivity (Wildman–Crippen MR) is 65.5 cm³/mol. The Kier molecular flexibility index (Phi) is 2.01. The van der Waals surface area contributed by atoms with Crippen LogP contribution < -0.4 is 0 Å². The van der Waals surface area contributed by atoms with Gasteiger partial charge in [0.25, 0.3) is 0 Å². The fourth-order valence-electron chi connectivity index (χ4n) is 5.14. The molecule has 4 fully saturated rings. The molecule has 96 valence electrons. The van der Waals surface area contributed by atoms with Crippen molar-refractivity contribution in [2.24, 2.45) is 17.8 Å². The first-order valence-corrected chi connectivity index (χ1v) is 6.97. The van der Waals surface area contributed by atoms with Crippen LogP contribution in [0.15, 0.2) is 16.7 Å². The van der Waals surface area contributed by atoms with Crippen LogP contribution in [0.2, 0.25) is 0 Å². The van der Waals surface area contributed by atoms with Crippen molar-refractivity contribution in [2.45, 2.75) is 43.9 Å². The van der Waals surface area contributed by atoms with Crippen molar-refractivity contribution in [1.82, 2.24) is 0 Å². The molecular weight excluding hydrogens is 228 g/mol. The lowest BCUT2D eigenvalue weighted by Crippen LogP contribution is -2.48. The number of furan rings is 1. The molecule has 4 aliphatic rings. The first kappa shape index (κ1) is 10.7. The Morgan fingerprint density at radius 3 is 2.17 bits per heavy atom. The third-order valence-corrected chi connectivity index (χ3v) is 5.41. The van der Waals surface area contributed by atoms with Crippen molar-refractivity contribution in [3.05, 3.63) is 23.7 Å². The fraction of sp³-hybridized carbons (Fsp3) is 0.667. The maximum absolute atomic E-state index is 11.0. The summed E-state index contributed by atoms with van der Waals surface area (Å²) in [6.45, 7) is 0. The van der Waals surface area contributed by atoms with E-state index < -0.39 is 5.97 Å². The number of hydrogen-bond donors (Lipinski definition) is 1. The highest BCUT2D eigenvalue weighted by Gasteiger charge is 2.53. The molecule has 1 aromatic heterocycles. The monoisotopic (exact) mass is 246 g/mol. The molecule has 0 amide bonds. The second-order valence-electron chi connectivity index (χ2n) is 6.70. The van der Waals surface area contributed by atoms with E-state index in [-0.39, 0.29) is 5.41 Å². The Labute approximate surface area is 106 Å². The Morgan fingerprint density at radius 1 is 1.17 bits per heavy atom. The van der Waals surface area contributed by atoms with Gasteiger partial charge in [-0.25, -0.2) is 4.79 Å².